The molecule has 0 saturated carbocycles. The fourth-order valence-electron chi connectivity index (χ4n) is 3.34. The summed E-state index contributed by atoms with van der Waals surface area (Å²) in [6.45, 7) is 9.03. The van der Waals surface area contributed by atoms with Gasteiger partial charge in [0.25, 0.3) is 0 Å². The minimum Gasteiger partial charge on any atom is -0.311 e. The summed E-state index contributed by atoms with van der Waals surface area (Å²) in [5.41, 5.74) is 1.01. The van der Waals surface area contributed by atoms with Gasteiger partial charge in [0.1, 0.15) is 0 Å². The second-order valence-corrected chi connectivity index (χ2v) is 6.49. The van der Waals surface area contributed by atoms with E-state index in [4.69, 9.17) is 11.6 Å². The summed E-state index contributed by atoms with van der Waals surface area (Å²) >= 11 is 5.87. The Morgan fingerprint density at radius 1 is 1.14 bits per heavy atom. The zero-order chi connectivity index (χ0) is 15.5. The lowest BCUT2D eigenvalue weighted by Gasteiger charge is -2.37. The van der Waals surface area contributed by atoms with E-state index in [-0.39, 0.29) is 11.9 Å². The second-order valence-electron chi connectivity index (χ2n) is 5.96. The summed E-state index contributed by atoms with van der Waals surface area (Å²) in [5.74, 6) is 0.237. The van der Waals surface area contributed by atoms with Crippen molar-refractivity contribution in [3.63, 3.8) is 0 Å². The molecule has 2 aliphatic rings. The number of halogens is 1. The highest BCUT2D eigenvalue weighted by molar-refractivity contribution is 6.29. The number of anilines is 1. The molecule has 2 heterocycles. The van der Waals surface area contributed by atoms with Crippen molar-refractivity contribution in [2.75, 3.05) is 44.2 Å². The zero-order valence-electron chi connectivity index (χ0n) is 12.7. The minimum atomic E-state index is 0.0292. The van der Waals surface area contributed by atoms with E-state index in [0.29, 0.717) is 5.03 Å². The molecule has 1 aromatic rings. The van der Waals surface area contributed by atoms with Crippen molar-refractivity contribution in [2.24, 2.45) is 0 Å². The molecule has 2 aliphatic heterocycles. The first kappa shape index (κ1) is 15.5. The van der Waals surface area contributed by atoms with E-state index < -0.39 is 0 Å². The van der Waals surface area contributed by atoms with Gasteiger partial charge in [-0.15, -0.1) is 0 Å². The van der Waals surface area contributed by atoms with E-state index in [1.165, 1.54) is 0 Å². The Kier molecular flexibility index (Phi) is 4.81. The number of piperazine rings is 1. The number of rotatable bonds is 4. The monoisotopic (exact) mass is 319 g/mol. The summed E-state index contributed by atoms with van der Waals surface area (Å²) in [5, 5.41) is 0.681. The molecule has 3 rings (SSSR count). The van der Waals surface area contributed by atoms with E-state index >= 15 is 0 Å². The zero-order valence-corrected chi connectivity index (χ0v) is 13.5. The van der Waals surface area contributed by atoms with Gasteiger partial charge in [0.2, 0.25) is 5.91 Å². The molecule has 118 valence electrons. The molecule has 5 heteroatoms. The van der Waals surface area contributed by atoms with Crippen molar-refractivity contribution in [1.29, 1.82) is 0 Å². The number of para-hydroxylation sites is 1. The Bertz CT molecular complexity index is 540. The van der Waals surface area contributed by atoms with Crippen LogP contribution in [0, 0.1) is 0 Å². The van der Waals surface area contributed by atoms with Crippen molar-refractivity contribution >= 4 is 23.2 Å². The lowest BCUT2D eigenvalue weighted by molar-refractivity contribution is -0.122. The quantitative estimate of drug-likeness (QED) is 0.851. The summed E-state index contributed by atoms with van der Waals surface area (Å²) in [4.78, 5) is 19.2. The van der Waals surface area contributed by atoms with Crippen molar-refractivity contribution in [2.45, 2.75) is 12.5 Å². The van der Waals surface area contributed by atoms with Gasteiger partial charge in [0.15, 0.2) is 0 Å². The molecule has 4 nitrogen and oxygen atoms in total. The fourth-order valence-corrected chi connectivity index (χ4v) is 3.51. The number of carbonyl (C=O) groups is 1. The highest BCUT2D eigenvalue weighted by atomic mass is 35.5. The third-order valence-electron chi connectivity index (χ3n) is 4.49. The van der Waals surface area contributed by atoms with Gasteiger partial charge in [-0.3, -0.25) is 14.6 Å². The lowest BCUT2D eigenvalue weighted by atomic mass is 10.2. The van der Waals surface area contributed by atoms with Crippen LogP contribution in [-0.4, -0.2) is 61.0 Å². The number of hydrogen-bond acceptors (Lipinski definition) is 3. The predicted molar refractivity (Wildman–Crippen MR) is 90.2 cm³/mol. The largest absolute Gasteiger partial charge is 0.311 e. The molecule has 1 atom stereocenters. The summed E-state index contributed by atoms with van der Waals surface area (Å²) in [7, 11) is 0. The second kappa shape index (κ2) is 6.82. The van der Waals surface area contributed by atoms with Crippen LogP contribution >= 0.6 is 11.6 Å². The molecule has 2 saturated heterocycles. The molecule has 0 radical (unpaired) electrons. The smallest absolute Gasteiger partial charge is 0.244 e. The average Bonchev–Trinajstić information content (AvgIpc) is 2.90. The first-order valence-electron chi connectivity index (χ1n) is 7.81. The van der Waals surface area contributed by atoms with E-state index in [1.54, 1.807) is 0 Å². The first-order chi connectivity index (χ1) is 10.6. The summed E-state index contributed by atoms with van der Waals surface area (Å²) in [6, 6.07) is 9.98. The topological polar surface area (TPSA) is 26.8 Å². The van der Waals surface area contributed by atoms with Crippen LogP contribution in [0.3, 0.4) is 0 Å². The molecular weight excluding hydrogens is 298 g/mol. The van der Waals surface area contributed by atoms with Crippen LogP contribution in [0.25, 0.3) is 0 Å². The number of nitrogens with zero attached hydrogens (tertiary/aromatic N) is 3. The molecule has 1 unspecified atom stereocenters. The maximum absolute atomic E-state index is 12.7. The van der Waals surface area contributed by atoms with E-state index in [2.05, 4.69) is 16.4 Å². The minimum absolute atomic E-state index is 0.0292. The summed E-state index contributed by atoms with van der Waals surface area (Å²) < 4.78 is 0. The lowest BCUT2D eigenvalue weighted by Crippen LogP contribution is -2.52. The van der Waals surface area contributed by atoms with Crippen LogP contribution < -0.4 is 4.90 Å². The Balaban J connectivity index is 1.59. The Hall–Kier alpha value is -1.36. The van der Waals surface area contributed by atoms with Gasteiger partial charge in [-0.2, -0.15) is 0 Å². The molecule has 0 aliphatic carbocycles. The SMILES string of the molecule is C=C(Cl)CN1CCN(C2CCN(c3ccccc3)C2=O)CC1. The maximum Gasteiger partial charge on any atom is 0.244 e. The molecule has 2 fully saturated rings. The highest BCUT2D eigenvalue weighted by Crippen LogP contribution is 2.25. The molecule has 0 aromatic heterocycles. The highest BCUT2D eigenvalue weighted by Gasteiger charge is 2.37. The Labute approximate surface area is 136 Å². The number of benzene rings is 1. The average molecular weight is 320 g/mol. The van der Waals surface area contributed by atoms with Gasteiger partial charge in [-0.05, 0) is 18.6 Å². The molecule has 0 bridgehead atoms. The van der Waals surface area contributed by atoms with Gasteiger partial charge in [-0.1, -0.05) is 36.4 Å². The fraction of sp³-hybridized carbons (Fsp3) is 0.471. The first-order valence-corrected chi connectivity index (χ1v) is 8.19. The predicted octanol–water partition coefficient (Wildman–Crippen LogP) is 2.16. The number of carbonyl (C=O) groups excluding carboxylic acids is 1. The summed E-state index contributed by atoms with van der Waals surface area (Å²) in [6.07, 6.45) is 0.913. The molecule has 1 amide bonds. The molecule has 22 heavy (non-hydrogen) atoms. The number of amides is 1. The van der Waals surface area contributed by atoms with Crippen LogP contribution in [0.2, 0.25) is 0 Å². The van der Waals surface area contributed by atoms with Crippen molar-refractivity contribution < 1.29 is 4.79 Å². The van der Waals surface area contributed by atoms with E-state index in [1.807, 2.05) is 35.2 Å². The van der Waals surface area contributed by atoms with Crippen LogP contribution in [-0.2, 0) is 4.79 Å². The molecular formula is C17H22ClN3O. The van der Waals surface area contributed by atoms with Gasteiger partial charge in [0, 0.05) is 50.0 Å². The Morgan fingerprint density at radius 3 is 2.45 bits per heavy atom. The Morgan fingerprint density at radius 2 is 1.82 bits per heavy atom. The normalized spacial score (nSPS) is 24.0. The molecule has 0 N–H and O–H groups in total. The molecule has 1 aromatic carbocycles. The third kappa shape index (κ3) is 3.35. The van der Waals surface area contributed by atoms with Crippen LogP contribution in [0.15, 0.2) is 41.9 Å². The van der Waals surface area contributed by atoms with Gasteiger partial charge in [-0.25, -0.2) is 0 Å². The van der Waals surface area contributed by atoms with Crippen molar-refractivity contribution in [3.05, 3.63) is 41.9 Å². The number of hydrogen-bond donors (Lipinski definition) is 0. The van der Waals surface area contributed by atoms with Crippen LogP contribution in [0.5, 0.6) is 0 Å². The van der Waals surface area contributed by atoms with E-state index in [0.717, 1.165) is 51.4 Å². The van der Waals surface area contributed by atoms with Crippen molar-refractivity contribution in [3.8, 4) is 0 Å². The standard InChI is InChI=1S/C17H22ClN3O/c1-14(18)13-19-9-11-20(12-10-19)16-7-8-21(17(16)22)15-5-3-2-4-6-15/h2-6,16H,1,7-13H2. The van der Waals surface area contributed by atoms with Gasteiger partial charge >= 0.3 is 0 Å². The van der Waals surface area contributed by atoms with Gasteiger partial charge < -0.3 is 4.90 Å². The van der Waals surface area contributed by atoms with Crippen molar-refractivity contribution in [1.82, 2.24) is 9.80 Å². The third-order valence-corrected chi connectivity index (χ3v) is 4.61. The van der Waals surface area contributed by atoms with Crippen LogP contribution in [0.1, 0.15) is 6.42 Å². The van der Waals surface area contributed by atoms with E-state index in [9.17, 15) is 4.79 Å². The van der Waals surface area contributed by atoms with Gasteiger partial charge in [0.05, 0.1) is 6.04 Å². The maximum atomic E-state index is 12.7. The molecule has 0 spiro atoms. The van der Waals surface area contributed by atoms with Crippen LogP contribution in [0.4, 0.5) is 5.69 Å².